The molecule has 21 heavy (non-hydrogen) atoms. The Morgan fingerprint density at radius 2 is 2.10 bits per heavy atom. The molecule has 0 aliphatic rings. The molecule has 0 saturated heterocycles. The first-order valence-corrected chi connectivity index (χ1v) is 8.31. The first kappa shape index (κ1) is 17.7. The number of rotatable bonds is 8. The van der Waals surface area contributed by atoms with E-state index in [-0.39, 0.29) is 0 Å². The quantitative estimate of drug-likeness (QED) is 0.684. The molecule has 5 nitrogen and oxygen atoms in total. The number of carboxylic acid groups (broad SMARTS) is 1. The van der Waals surface area contributed by atoms with Crippen LogP contribution in [0, 0.1) is 0 Å². The summed E-state index contributed by atoms with van der Waals surface area (Å²) in [5.41, 5.74) is 0.941. The summed E-state index contributed by atoms with van der Waals surface area (Å²) in [5.74, 6) is -0.345. The second kappa shape index (κ2) is 9.52. The lowest BCUT2D eigenvalue weighted by atomic mass is 10.1. The van der Waals surface area contributed by atoms with E-state index in [9.17, 15) is 9.59 Å². The maximum absolute atomic E-state index is 11.7. The Morgan fingerprint density at radius 1 is 1.38 bits per heavy atom. The summed E-state index contributed by atoms with van der Waals surface area (Å²) in [4.78, 5) is 22.7. The predicted molar refractivity (Wildman–Crippen MR) is 86.1 cm³/mol. The molecule has 0 fully saturated rings. The number of aliphatic carboxylic acids is 1. The maximum atomic E-state index is 11.7. The Kier molecular flexibility index (Phi) is 8.00. The monoisotopic (exact) mass is 330 g/mol. The smallest absolute Gasteiger partial charge is 0.326 e. The average molecular weight is 331 g/mol. The molecule has 116 valence electrons. The zero-order valence-electron chi connectivity index (χ0n) is 11.8. The topological polar surface area (TPSA) is 78.4 Å². The van der Waals surface area contributed by atoms with Crippen molar-refractivity contribution in [2.75, 3.05) is 18.6 Å². The Hall–Kier alpha value is -1.40. The summed E-state index contributed by atoms with van der Waals surface area (Å²) in [5, 5.41) is 14.8. The fourth-order valence-electron chi connectivity index (χ4n) is 1.71. The molecule has 1 aromatic carbocycles. The molecule has 0 spiro atoms. The van der Waals surface area contributed by atoms with Gasteiger partial charge in [0.2, 0.25) is 0 Å². The van der Waals surface area contributed by atoms with Crippen LogP contribution in [0.25, 0.3) is 0 Å². The lowest BCUT2D eigenvalue weighted by molar-refractivity contribution is -0.139. The molecule has 1 aromatic rings. The average Bonchev–Trinajstić information content (AvgIpc) is 2.45. The van der Waals surface area contributed by atoms with Gasteiger partial charge in [0.05, 0.1) is 0 Å². The fraction of sp³-hybridized carbons (Fsp3) is 0.429. The summed E-state index contributed by atoms with van der Waals surface area (Å²) in [6.45, 7) is 0.393. The number of benzene rings is 1. The van der Waals surface area contributed by atoms with Gasteiger partial charge in [-0.25, -0.2) is 9.59 Å². The normalized spacial score (nSPS) is 11.7. The summed E-state index contributed by atoms with van der Waals surface area (Å²) in [6, 6.07) is 6.06. The number of urea groups is 1. The van der Waals surface area contributed by atoms with E-state index in [0.29, 0.717) is 30.2 Å². The number of carbonyl (C=O) groups excluding carboxylic acids is 1. The van der Waals surface area contributed by atoms with Crippen LogP contribution in [0.2, 0.25) is 5.02 Å². The van der Waals surface area contributed by atoms with Gasteiger partial charge in [0.1, 0.15) is 6.04 Å². The number of carbonyl (C=O) groups is 2. The first-order chi connectivity index (χ1) is 10.0. The largest absolute Gasteiger partial charge is 0.480 e. The molecule has 0 radical (unpaired) electrons. The van der Waals surface area contributed by atoms with Crippen LogP contribution in [0.1, 0.15) is 12.0 Å². The van der Waals surface area contributed by atoms with Crippen LogP contribution in [0.15, 0.2) is 24.3 Å². The molecule has 7 heteroatoms. The van der Waals surface area contributed by atoms with Gasteiger partial charge < -0.3 is 15.7 Å². The van der Waals surface area contributed by atoms with Crippen molar-refractivity contribution in [3.63, 3.8) is 0 Å². The van der Waals surface area contributed by atoms with E-state index in [0.717, 1.165) is 5.56 Å². The Labute approximate surface area is 133 Å². The third kappa shape index (κ3) is 6.73. The van der Waals surface area contributed by atoms with Crippen LogP contribution in [0.4, 0.5) is 4.79 Å². The second-order valence-electron chi connectivity index (χ2n) is 4.41. The third-order valence-corrected chi connectivity index (χ3v) is 3.86. The SMILES string of the molecule is CSCCC(NC(=O)NCCc1ccccc1Cl)C(=O)O. The van der Waals surface area contributed by atoms with Gasteiger partial charge in [0, 0.05) is 11.6 Å². The zero-order valence-corrected chi connectivity index (χ0v) is 13.3. The van der Waals surface area contributed by atoms with E-state index >= 15 is 0 Å². The molecule has 0 bridgehead atoms. The van der Waals surface area contributed by atoms with Crippen LogP contribution < -0.4 is 10.6 Å². The highest BCUT2D eigenvalue weighted by Crippen LogP contribution is 2.14. The molecule has 2 amide bonds. The van der Waals surface area contributed by atoms with Crippen molar-refractivity contribution in [2.45, 2.75) is 18.9 Å². The standard InChI is InChI=1S/C14H19ClN2O3S/c1-21-9-7-12(13(18)19)17-14(20)16-8-6-10-4-2-3-5-11(10)15/h2-5,12H,6-9H2,1H3,(H,18,19)(H2,16,17,20). The summed E-state index contributed by atoms with van der Waals surface area (Å²) in [6.07, 6.45) is 2.88. The molecule has 1 unspecified atom stereocenters. The molecular formula is C14H19ClN2O3S. The van der Waals surface area contributed by atoms with E-state index in [2.05, 4.69) is 10.6 Å². The second-order valence-corrected chi connectivity index (χ2v) is 5.81. The van der Waals surface area contributed by atoms with Gasteiger partial charge in [0.15, 0.2) is 0 Å². The summed E-state index contributed by atoms with van der Waals surface area (Å²) >= 11 is 7.56. The number of hydrogen-bond donors (Lipinski definition) is 3. The summed E-state index contributed by atoms with van der Waals surface area (Å²) < 4.78 is 0. The van der Waals surface area contributed by atoms with E-state index in [1.807, 2.05) is 24.5 Å². The molecular weight excluding hydrogens is 312 g/mol. The van der Waals surface area contributed by atoms with Crippen molar-refractivity contribution >= 4 is 35.4 Å². The highest BCUT2D eigenvalue weighted by atomic mass is 35.5. The van der Waals surface area contributed by atoms with E-state index in [1.165, 1.54) is 0 Å². The number of hydrogen-bond acceptors (Lipinski definition) is 3. The van der Waals surface area contributed by atoms with Crippen LogP contribution in [0.5, 0.6) is 0 Å². The Morgan fingerprint density at radius 3 is 2.71 bits per heavy atom. The Bertz CT molecular complexity index is 485. The van der Waals surface area contributed by atoms with Crippen molar-refractivity contribution in [1.82, 2.24) is 10.6 Å². The number of halogens is 1. The minimum Gasteiger partial charge on any atom is -0.480 e. The molecule has 0 heterocycles. The lowest BCUT2D eigenvalue weighted by Crippen LogP contribution is -2.46. The Balaban J connectivity index is 2.36. The first-order valence-electron chi connectivity index (χ1n) is 6.54. The van der Waals surface area contributed by atoms with Crippen molar-refractivity contribution in [1.29, 1.82) is 0 Å². The molecule has 0 aliphatic carbocycles. The van der Waals surface area contributed by atoms with Gasteiger partial charge in [-0.3, -0.25) is 0 Å². The van der Waals surface area contributed by atoms with Crippen molar-refractivity contribution in [2.24, 2.45) is 0 Å². The number of thioether (sulfide) groups is 1. The van der Waals surface area contributed by atoms with E-state index < -0.39 is 18.0 Å². The molecule has 1 rings (SSSR count). The highest BCUT2D eigenvalue weighted by molar-refractivity contribution is 7.98. The van der Waals surface area contributed by atoms with Crippen LogP contribution in [0.3, 0.4) is 0 Å². The minimum atomic E-state index is -1.02. The van der Waals surface area contributed by atoms with Gasteiger partial charge in [0.25, 0.3) is 0 Å². The van der Waals surface area contributed by atoms with Gasteiger partial charge in [-0.1, -0.05) is 29.8 Å². The van der Waals surface area contributed by atoms with E-state index in [4.69, 9.17) is 16.7 Å². The third-order valence-electron chi connectivity index (χ3n) is 2.85. The number of nitrogens with one attached hydrogen (secondary N) is 2. The predicted octanol–water partition coefficient (Wildman–Crippen LogP) is 2.39. The van der Waals surface area contributed by atoms with Crippen LogP contribution in [-0.4, -0.2) is 41.7 Å². The lowest BCUT2D eigenvalue weighted by Gasteiger charge is -2.14. The maximum Gasteiger partial charge on any atom is 0.326 e. The molecule has 0 saturated carbocycles. The molecule has 0 aromatic heterocycles. The van der Waals surface area contributed by atoms with Gasteiger partial charge >= 0.3 is 12.0 Å². The van der Waals surface area contributed by atoms with Gasteiger partial charge in [-0.2, -0.15) is 11.8 Å². The van der Waals surface area contributed by atoms with E-state index in [1.54, 1.807) is 17.8 Å². The highest BCUT2D eigenvalue weighted by Gasteiger charge is 2.18. The van der Waals surface area contributed by atoms with Crippen LogP contribution in [-0.2, 0) is 11.2 Å². The van der Waals surface area contributed by atoms with Crippen LogP contribution >= 0.6 is 23.4 Å². The molecule has 3 N–H and O–H groups in total. The number of amides is 2. The summed E-state index contributed by atoms with van der Waals surface area (Å²) in [7, 11) is 0. The molecule has 1 atom stereocenters. The molecule has 0 aliphatic heterocycles. The van der Waals surface area contributed by atoms with Crippen molar-refractivity contribution < 1.29 is 14.7 Å². The minimum absolute atomic E-state index is 0.393. The van der Waals surface area contributed by atoms with Gasteiger partial charge in [-0.05, 0) is 36.5 Å². The van der Waals surface area contributed by atoms with Crippen molar-refractivity contribution in [3.05, 3.63) is 34.9 Å². The zero-order chi connectivity index (χ0) is 15.7. The number of carboxylic acids is 1. The van der Waals surface area contributed by atoms with Gasteiger partial charge in [-0.15, -0.1) is 0 Å². The van der Waals surface area contributed by atoms with Crippen molar-refractivity contribution in [3.8, 4) is 0 Å². The fourth-order valence-corrected chi connectivity index (χ4v) is 2.42.